The molecule has 1 aromatic carbocycles. The highest BCUT2D eigenvalue weighted by atomic mass is 16.2. The van der Waals surface area contributed by atoms with Crippen LogP contribution in [-0.2, 0) is 21.5 Å². The molecule has 1 aromatic heterocycles. The summed E-state index contributed by atoms with van der Waals surface area (Å²) in [4.78, 5) is 29.5. The molecule has 1 aliphatic carbocycles. The number of nitrogens with zero attached hydrogens (tertiary/aromatic N) is 1. The van der Waals surface area contributed by atoms with Crippen molar-refractivity contribution in [1.82, 2.24) is 10.3 Å². The molecule has 1 heterocycles. The molecule has 0 radical (unpaired) electrons. The first-order valence-electron chi connectivity index (χ1n) is 10.4. The molecule has 29 heavy (non-hydrogen) atoms. The highest BCUT2D eigenvalue weighted by Crippen LogP contribution is 2.32. The maximum atomic E-state index is 12.8. The Balaban J connectivity index is 1.50. The number of hydrogen-bond acceptors (Lipinski definition) is 3. The number of pyridine rings is 1. The molecule has 0 saturated heterocycles. The highest BCUT2D eigenvalue weighted by Gasteiger charge is 2.30. The molecule has 0 spiro atoms. The zero-order valence-corrected chi connectivity index (χ0v) is 17.6. The maximum absolute atomic E-state index is 12.8. The molecule has 5 heteroatoms. The van der Waals surface area contributed by atoms with Crippen molar-refractivity contribution in [3.63, 3.8) is 0 Å². The minimum absolute atomic E-state index is 0.0235. The van der Waals surface area contributed by atoms with Gasteiger partial charge in [0.15, 0.2) is 0 Å². The number of anilines is 1. The van der Waals surface area contributed by atoms with Gasteiger partial charge in [0, 0.05) is 23.7 Å². The van der Waals surface area contributed by atoms with E-state index >= 15 is 0 Å². The average Bonchev–Trinajstić information content (AvgIpc) is 2.72. The van der Waals surface area contributed by atoms with Gasteiger partial charge in [0.05, 0.1) is 12.2 Å². The zero-order chi connectivity index (χ0) is 20.9. The van der Waals surface area contributed by atoms with E-state index in [2.05, 4.69) is 42.5 Å². The monoisotopic (exact) mass is 393 g/mol. The number of amides is 2. The van der Waals surface area contributed by atoms with Crippen molar-refractivity contribution in [3.05, 3.63) is 59.9 Å². The van der Waals surface area contributed by atoms with Crippen molar-refractivity contribution in [2.24, 2.45) is 11.8 Å². The van der Waals surface area contributed by atoms with E-state index in [1.54, 1.807) is 6.20 Å². The predicted molar refractivity (Wildman–Crippen MR) is 115 cm³/mol. The van der Waals surface area contributed by atoms with E-state index in [0.29, 0.717) is 6.54 Å². The minimum Gasteiger partial charge on any atom is -0.350 e. The molecule has 0 atom stereocenters. The maximum Gasteiger partial charge on any atom is 0.227 e. The van der Waals surface area contributed by atoms with Crippen LogP contribution in [0.25, 0.3) is 0 Å². The Hall–Kier alpha value is -2.69. The summed E-state index contributed by atoms with van der Waals surface area (Å²) >= 11 is 0. The Morgan fingerprint density at radius 3 is 2.17 bits per heavy atom. The van der Waals surface area contributed by atoms with Gasteiger partial charge in [-0.1, -0.05) is 45.0 Å². The van der Waals surface area contributed by atoms with Gasteiger partial charge in [-0.05, 0) is 54.9 Å². The van der Waals surface area contributed by atoms with Crippen LogP contribution in [0.15, 0.2) is 48.7 Å². The molecule has 3 rings (SSSR count). The fourth-order valence-electron chi connectivity index (χ4n) is 3.92. The Labute approximate surface area is 173 Å². The number of aromatic nitrogens is 1. The van der Waals surface area contributed by atoms with Crippen molar-refractivity contribution in [2.75, 3.05) is 5.32 Å². The molecule has 0 bridgehead atoms. The van der Waals surface area contributed by atoms with Gasteiger partial charge >= 0.3 is 0 Å². The van der Waals surface area contributed by atoms with E-state index in [0.717, 1.165) is 42.6 Å². The molecule has 0 aliphatic heterocycles. The van der Waals surface area contributed by atoms with Crippen LogP contribution in [0.4, 0.5) is 5.69 Å². The van der Waals surface area contributed by atoms with Crippen molar-refractivity contribution in [3.8, 4) is 0 Å². The summed E-state index contributed by atoms with van der Waals surface area (Å²) in [7, 11) is 0. The lowest BCUT2D eigenvalue weighted by molar-refractivity contribution is -0.128. The van der Waals surface area contributed by atoms with Crippen LogP contribution in [0.1, 0.15) is 57.7 Å². The van der Waals surface area contributed by atoms with Crippen LogP contribution >= 0.6 is 0 Å². The van der Waals surface area contributed by atoms with Gasteiger partial charge in [0.25, 0.3) is 0 Å². The van der Waals surface area contributed by atoms with Gasteiger partial charge in [0.1, 0.15) is 0 Å². The third-order valence-electron chi connectivity index (χ3n) is 5.63. The molecule has 5 nitrogen and oxygen atoms in total. The van der Waals surface area contributed by atoms with Crippen molar-refractivity contribution >= 4 is 17.5 Å². The minimum atomic E-state index is -0.0390. The molecular weight excluding hydrogens is 362 g/mol. The first-order valence-corrected chi connectivity index (χ1v) is 10.4. The number of benzene rings is 1. The second kappa shape index (κ2) is 9.21. The van der Waals surface area contributed by atoms with Gasteiger partial charge in [-0.3, -0.25) is 14.6 Å². The third kappa shape index (κ3) is 5.66. The Kier molecular flexibility index (Phi) is 6.68. The number of hydrogen-bond donors (Lipinski definition) is 2. The molecule has 0 unspecified atom stereocenters. The summed E-state index contributed by atoms with van der Waals surface area (Å²) in [6.07, 6.45) is 4.69. The van der Waals surface area contributed by atoms with Gasteiger partial charge in [-0.15, -0.1) is 0 Å². The van der Waals surface area contributed by atoms with E-state index in [1.807, 2.05) is 36.4 Å². The van der Waals surface area contributed by atoms with E-state index < -0.39 is 0 Å². The van der Waals surface area contributed by atoms with Crippen molar-refractivity contribution in [1.29, 1.82) is 0 Å². The van der Waals surface area contributed by atoms with Crippen molar-refractivity contribution < 1.29 is 9.59 Å². The molecule has 154 valence electrons. The van der Waals surface area contributed by atoms with Gasteiger partial charge in [0.2, 0.25) is 11.8 Å². The normalized spacial score (nSPS) is 19.4. The molecule has 2 amide bonds. The van der Waals surface area contributed by atoms with Crippen LogP contribution in [0.5, 0.6) is 0 Å². The summed E-state index contributed by atoms with van der Waals surface area (Å²) in [5.74, 6) is 0.0640. The van der Waals surface area contributed by atoms with E-state index in [-0.39, 0.29) is 29.1 Å². The standard InChI is InChI=1S/C24H31N3O2/c1-24(2,3)20-9-4-5-10-21(20)27-23(29)18-13-11-17(12-14-18)22(28)26-16-19-8-6-7-15-25-19/h4-10,15,17-18H,11-14,16H2,1-3H3,(H,26,28)(H,27,29). The number of para-hydroxylation sites is 1. The second-order valence-electron chi connectivity index (χ2n) is 8.87. The number of carbonyl (C=O) groups is 2. The van der Waals surface area contributed by atoms with Crippen LogP contribution < -0.4 is 10.6 Å². The highest BCUT2D eigenvalue weighted by molar-refractivity contribution is 5.93. The lowest BCUT2D eigenvalue weighted by Crippen LogP contribution is -2.35. The topological polar surface area (TPSA) is 71.1 Å². The number of rotatable bonds is 5. The lowest BCUT2D eigenvalue weighted by atomic mass is 9.80. The van der Waals surface area contributed by atoms with Gasteiger partial charge in [-0.25, -0.2) is 0 Å². The van der Waals surface area contributed by atoms with E-state index in [1.165, 1.54) is 0 Å². The molecule has 2 aromatic rings. The van der Waals surface area contributed by atoms with Gasteiger partial charge < -0.3 is 10.6 Å². The van der Waals surface area contributed by atoms with Crippen LogP contribution in [0, 0.1) is 11.8 Å². The summed E-state index contributed by atoms with van der Waals surface area (Å²) in [6.45, 7) is 6.88. The second-order valence-corrected chi connectivity index (χ2v) is 8.87. The molecule has 1 aliphatic rings. The van der Waals surface area contributed by atoms with Gasteiger partial charge in [-0.2, -0.15) is 0 Å². The molecule has 2 N–H and O–H groups in total. The first-order chi connectivity index (χ1) is 13.8. The summed E-state index contributed by atoms with van der Waals surface area (Å²) in [6, 6.07) is 13.7. The Morgan fingerprint density at radius 2 is 1.55 bits per heavy atom. The first kappa shape index (κ1) is 21.0. The largest absolute Gasteiger partial charge is 0.350 e. The Morgan fingerprint density at radius 1 is 0.931 bits per heavy atom. The Bertz CT molecular complexity index is 835. The molecule has 1 saturated carbocycles. The SMILES string of the molecule is CC(C)(C)c1ccccc1NC(=O)C1CCC(C(=O)NCc2ccccn2)CC1. The van der Waals surface area contributed by atoms with E-state index in [4.69, 9.17) is 0 Å². The lowest BCUT2D eigenvalue weighted by Gasteiger charge is -2.28. The van der Waals surface area contributed by atoms with E-state index in [9.17, 15) is 9.59 Å². The van der Waals surface area contributed by atoms with Crippen LogP contribution in [-0.4, -0.2) is 16.8 Å². The third-order valence-corrected chi connectivity index (χ3v) is 5.63. The molecular formula is C24H31N3O2. The quantitative estimate of drug-likeness (QED) is 0.789. The fraction of sp³-hybridized carbons (Fsp3) is 0.458. The molecule has 1 fully saturated rings. The zero-order valence-electron chi connectivity index (χ0n) is 17.6. The van der Waals surface area contributed by atoms with Crippen LogP contribution in [0.3, 0.4) is 0 Å². The van der Waals surface area contributed by atoms with Crippen molar-refractivity contribution in [2.45, 2.75) is 58.4 Å². The summed E-state index contributed by atoms with van der Waals surface area (Å²) in [5.41, 5.74) is 2.84. The number of carbonyl (C=O) groups excluding carboxylic acids is 2. The summed E-state index contributed by atoms with van der Waals surface area (Å²) < 4.78 is 0. The van der Waals surface area contributed by atoms with Crippen LogP contribution in [0.2, 0.25) is 0 Å². The average molecular weight is 394 g/mol. The fourth-order valence-corrected chi connectivity index (χ4v) is 3.92. The smallest absolute Gasteiger partial charge is 0.227 e. The summed E-state index contributed by atoms with van der Waals surface area (Å²) in [5, 5.41) is 6.10. The predicted octanol–water partition coefficient (Wildman–Crippen LogP) is 4.44. The number of nitrogens with one attached hydrogen (secondary N) is 2.